The molecule has 1 saturated heterocycles. The molecule has 128 valence electrons. The molecule has 4 aliphatic rings. The van der Waals surface area contributed by atoms with Crippen LogP contribution in [0.1, 0.15) is 28.8 Å². The molecule has 1 aromatic rings. The SMILES string of the molecule is CN1CC[C@]23c4c5ccc(O)c4O[C@H]2[C@@H](O)CC(O)[C@@]3(O)[C@H]1C5=O. The van der Waals surface area contributed by atoms with E-state index in [0.29, 0.717) is 24.1 Å². The van der Waals surface area contributed by atoms with Gasteiger partial charge in [-0.2, -0.15) is 0 Å². The standard InChI is InChI=1S/C17H19NO6/c1-18-5-4-16-11-7-2-3-8(19)13(11)24-15(16)9(20)6-10(21)17(16,23)14(18)12(7)22/h2-3,9-10,14-15,19-21,23H,4-6H2,1H3/t9-,10?,14+,15-,16-,17+/m0/s1. The van der Waals surface area contributed by atoms with Gasteiger partial charge < -0.3 is 25.2 Å². The van der Waals surface area contributed by atoms with E-state index in [1.165, 1.54) is 6.07 Å². The van der Waals surface area contributed by atoms with Crippen molar-refractivity contribution in [3.05, 3.63) is 23.3 Å². The quantitative estimate of drug-likeness (QED) is 0.489. The van der Waals surface area contributed by atoms with Crippen molar-refractivity contribution in [2.24, 2.45) is 0 Å². The Hall–Kier alpha value is -1.67. The Kier molecular flexibility index (Phi) is 2.51. The average Bonchev–Trinajstić information content (AvgIpc) is 2.88. The summed E-state index contributed by atoms with van der Waals surface area (Å²) in [4.78, 5) is 14.9. The van der Waals surface area contributed by atoms with Gasteiger partial charge in [0.05, 0.1) is 17.6 Å². The zero-order chi connectivity index (χ0) is 17.0. The second-order valence-corrected chi connectivity index (χ2v) is 7.49. The van der Waals surface area contributed by atoms with Crippen LogP contribution in [0.5, 0.6) is 11.5 Å². The molecule has 4 N–H and O–H groups in total. The maximum atomic E-state index is 13.1. The third-order valence-electron chi connectivity index (χ3n) is 6.58. The van der Waals surface area contributed by atoms with E-state index in [1.54, 1.807) is 18.0 Å². The maximum Gasteiger partial charge on any atom is 0.183 e. The first kappa shape index (κ1) is 14.7. The lowest BCUT2D eigenvalue weighted by Gasteiger charge is -2.63. The van der Waals surface area contributed by atoms with Crippen LogP contribution in [0.3, 0.4) is 0 Å². The van der Waals surface area contributed by atoms with Gasteiger partial charge in [-0.15, -0.1) is 0 Å². The molecule has 0 amide bonds. The number of nitrogens with zero attached hydrogens (tertiary/aromatic N) is 1. The molecule has 2 fully saturated rings. The highest BCUT2D eigenvalue weighted by Crippen LogP contribution is 2.65. The van der Waals surface area contributed by atoms with Crippen LogP contribution in [0.15, 0.2) is 12.1 Å². The van der Waals surface area contributed by atoms with Crippen molar-refractivity contribution >= 4 is 5.78 Å². The molecule has 1 aromatic carbocycles. The summed E-state index contributed by atoms with van der Waals surface area (Å²) in [6.45, 7) is 0.520. The average molecular weight is 333 g/mol. The fraction of sp³-hybridized carbons (Fsp3) is 0.588. The number of aliphatic hydroxyl groups is 3. The van der Waals surface area contributed by atoms with Gasteiger partial charge in [-0.3, -0.25) is 9.69 Å². The predicted octanol–water partition coefficient (Wildman–Crippen LogP) is -0.852. The molecule has 2 bridgehead atoms. The number of ether oxygens (including phenoxy) is 1. The van der Waals surface area contributed by atoms with Crippen LogP contribution < -0.4 is 4.74 Å². The first-order valence-corrected chi connectivity index (χ1v) is 8.20. The molecule has 1 spiro atoms. The Labute approximate surface area is 138 Å². The molecule has 2 aliphatic heterocycles. The number of phenolic OH excluding ortho intramolecular Hbond substituents is 1. The molecule has 6 atom stereocenters. The third kappa shape index (κ3) is 1.24. The first-order chi connectivity index (χ1) is 11.3. The number of hydrogen-bond donors (Lipinski definition) is 4. The molecule has 1 unspecified atom stereocenters. The van der Waals surface area contributed by atoms with Crippen LogP contribution in [0.2, 0.25) is 0 Å². The molecule has 5 rings (SSSR count). The predicted molar refractivity (Wildman–Crippen MR) is 81.1 cm³/mol. The topological polar surface area (TPSA) is 110 Å². The Morgan fingerprint density at radius 1 is 1.33 bits per heavy atom. The van der Waals surface area contributed by atoms with Gasteiger partial charge in [0.1, 0.15) is 17.7 Å². The largest absolute Gasteiger partial charge is 0.504 e. The highest BCUT2D eigenvalue weighted by atomic mass is 16.5. The van der Waals surface area contributed by atoms with Gasteiger partial charge in [-0.05, 0) is 32.1 Å². The molecular formula is C17H19NO6. The summed E-state index contributed by atoms with van der Waals surface area (Å²) in [6, 6.07) is 2.05. The van der Waals surface area contributed by atoms with E-state index in [4.69, 9.17) is 4.74 Å². The van der Waals surface area contributed by atoms with Crippen LogP contribution >= 0.6 is 0 Å². The summed E-state index contributed by atoms with van der Waals surface area (Å²) in [5.74, 6) is -0.251. The van der Waals surface area contributed by atoms with Crippen LogP contribution in [-0.2, 0) is 5.41 Å². The van der Waals surface area contributed by atoms with Crippen molar-refractivity contribution < 1.29 is 30.0 Å². The summed E-state index contributed by atoms with van der Waals surface area (Å²) >= 11 is 0. The van der Waals surface area contributed by atoms with Crippen molar-refractivity contribution in [1.82, 2.24) is 4.90 Å². The number of rotatable bonds is 0. The van der Waals surface area contributed by atoms with E-state index in [2.05, 4.69) is 0 Å². The number of likely N-dealkylation sites (tertiary alicyclic amines) is 1. The highest BCUT2D eigenvalue weighted by molar-refractivity contribution is 6.06. The van der Waals surface area contributed by atoms with Crippen molar-refractivity contribution in [3.63, 3.8) is 0 Å². The third-order valence-corrected chi connectivity index (χ3v) is 6.58. The fourth-order valence-corrected chi connectivity index (χ4v) is 5.63. The Morgan fingerprint density at radius 3 is 2.83 bits per heavy atom. The zero-order valence-corrected chi connectivity index (χ0v) is 13.1. The molecule has 1 saturated carbocycles. The van der Waals surface area contributed by atoms with Gasteiger partial charge in [-0.25, -0.2) is 0 Å². The van der Waals surface area contributed by atoms with Gasteiger partial charge in [0.2, 0.25) is 0 Å². The van der Waals surface area contributed by atoms with Crippen LogP contribution in [0.4, 0.5) is 0 Å². The normalized spacial score (nSPS) is 45.8. The monoisotopic (exact) mass is 333 g/mol. The number of Topliss-reactive ketones (excluding diaryl/α,β-unsaturated/α-hetero) is 1. The van der Waals surface area contributed by atoms with Crippen molar-refractivity contribution in [2.45, 2.75) is 48.2 Å². The number of aliphatic hydroxyl groups excluding tert-OH is 2. The van der Waals surface area contributed by atoms with Crippen molar-refractivity contribution in [3.8, 4) is 11.5 Å². The minimum atomic E-state index is -1.76. The number of benzene rings is 1. The summed E-state index contributed by atoms with van der Waals surface area (Å²) in [5, 5.41) is 43.1. The molecule has 7 nitrogen and oxygen atoms in total. The van der Waals surface area contributed by atoms with Gasteiger partial charge in [0, 0.05) is 17.5 Å². The molecule has 2 heterocycles. The van der Waals surface area contributed by atoms with Crippen molar-refractivity contribution in [1.29, 1.82) is 0 Å². The van der Waals surface area contributed by atoms with Crippen LogP contribution in [0, 0.1) is 0 Å². The van der Waals surface area contributed by atoms with E-state index in [-0.39, 0.29) is 23.7 Å². The lowest BCUT2D eigenvalue weighted by atomic mass is 9.47. The summed E-state index contributed by atoms with van der Waals surface area (Å²) in [5.41, 5.74) is -2.01. The highest BCUT2D eigenvalue weighted by Gasteiger charge is 2.77. The van der Waals surface area contributed by atoms with Crippen LogP contribution in [0.25, 0.3) is 0 Å². The molecule has 7 heteroatoms. The molecular weight excluding hydrogens is 314 g/mol. The summed E-state index contributed by atoms with van der Waals surface area (Å²) in [7, 11) is 1.75. The zero-order valence-electron chi connectivity index (χ0n) is 13.1. The van der Waals surface area contributed by atoms with E-state index in [9.17, 15) is 25.2 Å². The molecule has 0 aromatic heterocycles. The number of ketones is 1. The van der Waals surface area contributed by atoms with Gasteiger partial charge in [0.15, 0.2) is 17.3 Å². The van der Waals surface area contributed by atoms with Crippen LogP contribution in [-0.4, -0.2) is 74.7 Å². The number of carbonyl (C=O) groups is 1. The maximum absolute atomic E-state index is 13.1. The van der Waals surface area contributed by atoms with E-state index >= 15 is 0 Å². The van der Waals surface area contributed by atoms with Gasteiger partial charge >= 0.3 is 0 Å². The summed E-state index contributed by atoms with van der Waals surface area (Å²) < 4.78 is 5.88. The Balaban J connectivity index is 1.92. The lowest BCUT2D eigenvalue weighted by Crippen LogP contribution is -2.82. The molecule has 2 aliphatic carbocycles. The Bertz CT molecular complexity index is 781. The lowest BCUT2D eigenvalue weighted by molar-refractivity contribution is -0.241. The van der Waals surface area contributed by atoms with Gasteiger partial charge in [-0.1, -0.05) is 0 Å². The van der Waals surface area contributed by atoms with Crippen molar-refractivity contribution in [2.75, 3.05) is 13.6 Å². The molecule has 24 heavy (non-hydrogen) atoms. The number of hydrogen-bond acceptors (Lipinski definition) is 7. The minimum Gasteiger partial charge on any atom is -0.504 e. The second-order valence-electron chi connectivity index (χ2n) is 7.49. The number of likely N-dealkylation sites (N-methyl/N-ethyl adjacent to an activating group) is 1. The first-order valence-electron chi connectivity index (χ1n) is 8.20. The molecule has 0 radical (unpaired) electrons. The second kappa shape index (κ2) is 4.11. The Morgan fingerprint density at radius 2 is 2.08 bits per heavy atom. The van der Waals surface area contributed by atoms with Gasteiger partial charge in [0.25, 0.3) is 0 Å². The number of phenols is 1. The summed E-state index contributed by atoms with van der Waals surface area (Å²) in [6.07, 6.45) is -2.70. The van der Waals surface area contributed by atoms with E-state index in [1.807, 2.05) is 0 Å². The fourth-order valence-electron chi connectivity index (χ4n) is 5.63. The number of aromatic hydroxyl groups is 1. The van der Waals surface area contributed by atoms with E-state index in [0.717, 1.165) is 0 Å². The smallest absolute Gasteiger partial charge is 0.183 e. The number of carbonyl (C=O) groups excluding carboxylic acids is 1. The minimum absolute atomic E-state index is 0.0787. The van der Waals surface area contributed by atoms with E-state index < -0.39 is 35.4 Å². The number of piperidine rings is 1.